The summed E-state index contributed by atoms with van der Waals surface area (Å²) in [5.41, 5.74) is 2.33. The third-order valence-corrected chi connectivity index (χ3v) is 5.79. The van der Waals surface area contributed by atoms with Gasteiger partial charge in [0, 0.05) is 18.8 Å². The van der Waals surface area contributed by atoms with Crippen LogP contribution in [0.2, 0.25) is 0 Å². The number of carbonyl (C=O) groups excluding carboxylic acids is 1. The highest BCUT2D eigenvalue weighted by Crippen LogP contribution is 2.31. The summed E-state index contributed by atoms with van der Waals surface area (Å²) in [4.78, 5) is 15.1. The zero-order chi connectivity index (χ0) is 17.2. The number of aryl methyl sites for hydroxylation is 1. The summed E-state index contributed by atoms with van der Waals surface area (Å²) in [6, 6.07) is 8.98. The smallest absolute Gasteiger partial charge is 0.299 e. The highest BCUT2D eigenvalue weighted by Gasteiger charge is 2.24. The van der Waals surface area contributed by atoms with Crippen molar-refractivity contribution in [3.05, 3.63) is 46.2 Å². The Kier molecular flexibility index (Phi) is 4.88. The molecule has 1 aromatic heterocycles. The van der Waals surface area contributed by atoms with Crippen molar-refractivity contribution in [1.82, 2.24) is 4.72 Å². The van der Waals surface area contributed by atoms with Gasteiger partial charge < -0.3 is 4.90 Å². The Morgan fingerprint density at radius 1 is 1.33 bits per heavy atom. The summed E-state index contributed by atoms with van der Waals surface area (Å²) in [7, 11) is -3.56. The van der Waals surface area contributed by atoms with Crippen LogP contribution >= 0.6 is 11.3 Å². The third kappa shape index (κ3) is 3.61. The van der Waals surface area contributed by atoms with Crippen molar-refractivity contribution in [2.24, 2.45) is 0 Å². The Morgan fingerprint density at radius 2 is 2.17 bits per heavy atom. The monoisotopic (exact) mass is 365 g/mol. The standard InChI is InChI=1S/C16H19N3O3S2/c1-2-17-24(21,22)18-13-7-8-14-12(11-13)5-3-9-19(14)16(20)15-6-4-10-23-15/h4,6-8,10-11,17-18H,2-3,5,9H2,1H3. The number of thiophene rings is 1. The fourth-order valence-corrected chi connectivity index (χ4v) is 4.35. The van der Waals surface area contributed by atoms with E-state index in [1.807, 2.05) is 23.6 Å². The van der Waals surface area contributed by atoms with Crippen LogP contribution in [0.5, 0.6) is 0 Å². The molecule has 0 saturated heterocycles. The van der Waals surface area contributed by atoms with Crippen molar-refractivity contribution in [1.29, 1.82) is 0 Å². The number of hydrogen-bond acceptors (Lipinski definition) is 4. The molecule has 1 amide bonds. The highest BCUT2D eigenvalue weighted by molar-refractivity contribution is 7.90. The first-order valence-electron chi connectivity index (χ1n) is 7.76. The highest BCUT2D eigenvalue weighted by atomic mass is 32.2. The Labute approximate surface area is 145 Å². The van der Waals surface area contributed by atoms with Crippen LogP contribution in [0.15, 0.2) is 35.7 Å². The third-order valence-electron chi connectivity index (χ3n) is 3.76. The average Bonchev–Trinajstić information content (AvgIpc) is 3.07. The lowest BCUT2D eigenvalue weighted by Gasteiger charge is -2.29. The predicted molar refractivity (Wildman–Crippen MR) is 97.0 cm³/mol. The number of fused-ring (bicyclic) bond motifs is 1. The second-order valence-corrected chi connectivity index (χ2v) is 7.93. The van der Waals surface area contributed by atoms with Crippen molar-refractivity contribution in [2.75, 3.05) is 22.7 Å². The van der Waals surface area contributed by atoms with Crippen LogP contribution in [0.3, 0.4) is 0 Å². The lowest BCUT2D eigenvalue weighted by Crippen LogP contribution is -2.35. The SMILES string of the molecule is CCNS(=O)(=O)Nc1ccc2c(c1)CCCN2C(=O)c1cccs1. The van der Waals surface area contributed by atoms with E-state index in [1.54, 1.807) is 24.0 Å². The van der Waals surface area contributed by atoms with Gasteiger partial charge in [-0.1, -0.05) is 13.0 Å². The van der Waals surface area contributed by atoms with E-state index in [2.05, 4.69) is 9.44 Å². The van der Waals surface area contributed by atoms with Gasteiger partial charge in [0.15, 0.2) is 0 Å². The zero-order valence-electron chi connectivity index (χ0n) is 13.3. The molecule has 0 spiro atoms. The number of nitrogens with one attached hydrogen (secondary N) is 2. The predicted octanol–water partition coefficient (Wildman–Crippen LogP) is 2.61. The molecule has 2 heterocycles. The molecule has 0 bridgehead atoms. The fourth-order valence-electron chi connectivity index (χ4n) is 2.79. The summed E-state index contributed by atoms with van der Waals surface area (Å²) in [5, 5.41) is 1.89. The maximum absolute atomic E-state index is 12.6. The first kappa shape index (κ1) is 16.9. The second-order valence-electron chi connectivity index (χ2n) is 5.48. The maximum atomic E-state index is 12.6. The number of nitrogens with zero attached hydrogens (tertiary/aromatic N) is 1. The minimum atomic E-state index is -3.56. The molecule has 0 unspecified atom stereocenters. The van der Waals surface area contributed by atoms with Gasteiger partial charge in [-0.2, -0.15) is 13.1 Å². The number of carbonyl (C=O) groups is 1. The van der Waals surface area contributed by atoms with Crippen molar-refractivity contribution in [3.63, 3.8) is 0 Å². The van der Waals surface area contributed by atoms with Gasteiger partial charge in [0.2, 0.25) is 0 Å². The Morgan fingerprint density at radius 3 is 2.88 bits per heavy atom. The molecule has 1 aliphatic rings. The van der Waals surface area contributed by atoms with Gasteiger partial charge in [0.1, 0.15) is 0 Å². The van der Waals surface area contributed by atoms with Gasteiger partial charge in [0.05, 0.1) is 10.6 Å². The van der Waals surface area contributed by atoms with Crippen molar-refractivity contribution in [2.45, 2.75) is 19.8 Å². The lowest BCUT2D eigenvalue weighted by molar-refractivity contribution is 0.0989. The molecular formula is C16H19N3O3S2. The molecule has 24 heavy (non-hydrogen) atoms. The Bertz CT molecular complexity index is 832. The minimum absolute atomic E-state index is 0.00747. The summed E-state index contributed by atoms with van der Waals surface area (Å²) < 4.78 is 28.5. The van der Waals surface area contributed by atoms with E-state index < -0.39 is 10.2 Å². The van der Waals surface area contributed by atoms with Crippen molar-refractivity contribution < 1.29 is 13.2 Å². The molecule has 0 fully saturated rings. The number of rotatable bonds is 5. The first-order chi connectivity index (χ1) is 11.5. The molecule has 8 heteroatoms. The molecule has 1 aliphatic heterocycles. The number of benzene rings is 1. The van der Waals surface area contributed by atoms with E-state index in [0.29, 0.717) is 23.7 Å². The molecule has 2 N–H and O–H groups in total. The van der Waals surface area contributed by atoms with Crippen LogP contribution in [0.25, 0.3) is 0 Å². The second kappa shape index (κ2) is 6.92. The molecule has 0 aliphatic carbocycles. The van der Waals surface area contributed by atoms with Crippen molar-refractivity contribution in [3.8, 4) is 0 Å². The van der Waals surface area contributed by atoms with Gasteiger partial charge in [0.25, 0.3) is 16.1 Å². The fraction of sp³-hybridized carbons (Fsp3) is 0.312. The molecule has 128 valence electrons. The Balaban J connectivity index is 1.86. The van der Waals surface area contributed by atoms with Crippen LogP contribution in [0, 0.1) is 0 Å². The first-order valence-corrected chi connectivity index (χ1v) is 10.1. The molecule has 0 saturated carbocycles. The summed E-state index contributed by atoms with van der Waals surface area (Å²) in [6.45, 7) is 2.72. The molecule has 6 nitrogen and oxygen atoms in total. The van der Waals surface area contributed by atoms with Crippen LogP contribution < -0.4 is 14.3 Å². The van der Waals surface area contributed by atoms with Gasteiger partial charge >= 0.3 is 0 Å². The van der Waals surface area contributed by atoms with Crippen LogP contribution in [0.1, 0.15) is 28.6 Å². The van der Waals surface area contributed by atoms with E-state index in [1.165, 1.54) is 11.3 Å². The summed E-state index contributed by atoms with van der Waals surface area (Å²) >= 11 is 1.42. The quantitative estimate of drug-likeness (QED) is 0.855. The normalized spacial score (nSPS) is 14.3. The molecular weight excluding hydrogens is 346 g/mol. The minimum Gasteiger partial charge on any atom is -0.307 e. The van der Waals surface area contributed by atoms with E-state index in [4.69, 9.17) is 0 Å². The molecule has 2 aromatic rings. The van der Waals surface area contributed by atoms with E-state index in [9.17, 15) is 13.2 Å². The van der Waals surface area contributed by atoms with Crippen molar-refractivity contribution >= 4 is 38.8 Å². The van der Waals surface area contributed by atoms with Gasteiger partial charge in [-0.05, 0) is 48.1 Å². The molecule has 1 aromatic carbocycles. The van der Waals surface area contributed by atoms with Gasteiger partial charge in [-0.3, -0.25) is 9.52 Å². The summed E-state index contributed by atoms with van der Waals surface area (Å²) in [5.74, 6) is -0.00747. The van der Waals surface area contributed by atoms with Crippen LogP contribution in [0.4, 0.5) is 11.4 Å². The lowest BCUT2D eigenvalue weighted by atomic mass is 10.0. The maximum Gasteiger partial charge on any atom is 0.299 e. The van der Waals surface area contributed by atoms with E-state index in [-0.39, 0.29) is 5.91 Å². The van der Waals surface area contributed by atoms with Gasteiger partial charge in [-0.15, -0.1) is 11.3 Å². The van der Waals surface area contributed by atoms with Crippen LogP contribution in [-0.2, 0) is 16.6 Å². The molecule has 3 rings (SSSR count). The van der Waals surface area contributed by atoms with Crippen LogP contribution in [-0.4, -0.2) is 27.4 Å². The zero-order valence-corrected chi connectivity index (χ0v) is 14.9. The Hall–Kier alpha value is -1.90. The number of anilines is 2. The number of amides is 1. The average molecular weight is 365 g/mol. The summed E-state index contributed by atoms with van der Waals surface area (Å²) in [6.07, 6.45) is 1.67. The molecule has 0 atom stereocenters. The number of hydrogen-bond donors (Lipinski definition) is 2. The van der Waals surface area contributed by atoms with Gasteiger partial charge in [-0.25, -0.2) is 0 Å². The van der Waals surface area contributed by atoms with E-state index >= 15 is 0 Å². The molecule has 0 radical (unpaired) electrons. The largest absolute Gasteiger partial charge is 0.307 e. The van der Waals surface area contributed by atoms with E-state index in [0.717, 1.165) is 24.1 Å². The topological polar surface area (TPSA) is 78.5 Å².